The molecule has 4 aliphatic rings. The smallest absolute Gasteiger partial charge is 0.220 e. The van der Waals surface area contributed by atoms with Crippen molar-refractivity contribution in [2.45, 2.75) is 105 Å². The van der Waals surface area contributed by atoms with Gasteiger partial charge < -0.3 is 41.6 Å². The van der Waals surface area contributed by atoms with Crippen LogP contribution in [0.4, 0.5) is 31.0 Å². The monoisotopic (exact) mass is 1280 g/mol. The van der Waals surface area contributed by atoms with Crippen molar-refractivity contribution in [1.29, 1.82) is 0 Å². The molecule has 10 aromatic heterocycles. The summed E-state index contributed by atoms with van der Waals surface area (Å²) < 4.78 is 50.3. The van der Waals surface area contributed by atoms with Gasteiger partial charge in [-0.3, -0.25) is 4.90 Å². The summed E-state index contributed by atoms with van der Waals surface area (Å²) in [4.78, 5) is 47.2. The number of hydrogen-bond acceptors (Lipinski definition) is 22. The molecule has 11 heterocycles. The van der Waals surface area contributed by atoms with E-state index in [2.05, 4.69) is 105 Å². The van der Waals surface area contributed by atoms with Crippen molar-refractivity contribution in [2.24, 2.45) is 0 Å². The van der Waals surface area contributed by atoms with Gasteiger partial charge in [-0.2, -0.15) is 0 Å². The Morgan fingerprint density at radius 2 is 1.02 bits per heavy atom. The lowest BCUT2D eigenvalue weighted by Gasteiger charge is -2.40. The molecule has 3 aliphatic carbocycles. The van der Waals surface area contributed by atoms with Crippen molar-refractivity contribution in [3.8, 4) is 46.8 Å². The van der Waals surface area contributed by atoms with Crippen molar-refractivity contribution in [2.75, 3.05) is 30.3 Å². The maximum atomic E-state index is 14.7. The average Bonchev–Trinajstić information content (AvgIpc) is 1.61. The second-order valence-corrected chi connectivity index (χ2v) is 23.5. The van der Waals surface area contributed by atoms with Crippen LogP contribution in [0.1, 0.15) is 134 Å². The molecule has 0 bridgehead atoms. The van der Waals surface area contributed by atoms with Crippen LogP contribution in [0.3, 0.4) is 0 Å². The Hall–Kier alpha value is -10.1. The molecule has 9 N–H and O–H groups in total. The summed E-state index contributed by atoms with van der Waals surface area (Å²) in [6, 6.07) is 7.92. The van der Waals surface area contributed by atoms with Gasteiger partial charge in [-0.15, -0.1) is 22.7 Å². The van der Waals surface area contributed by atoms with E-state index < -0.39 is 34.3 Å². The van der Waals surface area contributed by atoms with E-state index in [1.807, 2.05) is 18.3 Å². The number of hydrogen-bond donors (Lipinski definition) is 6. The maximum Gasteiger partial charge on any atom is 0.220 e. The van der Waals surface area contributed by atoms with Crippen molar-refractivity contribution in [3.63, 3.8) is 0 Å². The zero-order valence-corrected chi connectivity index (χ0v) is 49.5. The summed E-state index contributed by atoms with van der Waals surface area (Å²) in [5.41, 5.74) is 21.0. The SMILES string of the molecule is C.C.C.CC(O)(C#Cc1cc2c(-c3nc(N)ncc3F)cn(C3CN(C4CC4)C3)c2cn1)c1nccs1.CC(O)(C#Cc1cc2c(cn1)CC=C2c1nc(N)ncc1F)c1nccs1.Cc1cc(C(C)(O)C#Cc2cc3c(cn2)CC=C3c2nc(N)ncc2F)no1. The fraction of sp³-hybridized carbons (Fsp3) is 0.273. The Kier molecular flexibility index (Phi) is 19.3. The summed E-state index contributed by atoms with van der Waals surface area (Å²) >= 11 is 2.66. The first-order valence-electron chi connectivity index (χ1n) is 27.7. The van der Waals surface area contributed by atoms with Gasteiger partial charge in [-0.05, 0) is 112 Å². The lowest BCUT2D eigenvalue weighted by Crippen LogP contribution is -2.48. The number of nitrogen functional groups attached to an aromatic ring is 3. The number of allylic oxidation sites excluding steroid dienone is 2. The van der Waals surface area contributed by atoms with Gasteiger partial charge in [0.1, 0.15) is 55.6 Å². The Balaban J connectivity index is 0.000000162. The second kappa shape index (κ2) is 26.8. The molecule has 3 unspecified atom stereocenters. The summed E-state index contributed by atoms with van der Waals surface area (Å²) in [5, 5.41) is 40.9. The largest absolute Gasteiger partial charge is 0.372 e. The highest BCUT2D eigenvalue weighted by atomic mass is 32.1. The number of pyridine rings is 3. The highest BCUT2D eigenvalue weighted by Gasteiger charge is 2.39. The number of rotatable bonds is 8. The molecule has 26 heteroatoms. The van der Waals surface area contributed by atoms with Gasteiger partial charge in [0, 0.05) is 89.0 Å². The molecule has 10 aromatic rings. The number of aromatic nitrogens is 13. The number of anilines is 3. The first kappa shape index (κ1) is 66.3. The molecule has 3 atom stereocenters. The number of nitrogens with two attached hydrogens (primary N) is 3. The number of likely N-dealkylation sites (tertiary alicyclic amines) is 1. The van der Waals surface area contributed by atoms with Crippen molar-refractivity contribution in [1.82, 2.24) is 69.4 Å². The summed E-state index contributed by atoms with van der Waals surface area (Å²) in [6.45, 7) is 8.35. The third-order valence-corrected chi connectivity index (χ3v) is 16.8. The van der Waals surface area contributed by atoms with E-state index in [-0.39, 0.29) is 63.2 Å². The second-order valence-electron chi connectivity index (χ2n) is 21.7. The molecular formula is C66H64F3N17O4S2. The lowest BCUT2D eigenvalue weighted by molar-refractivity contribution is 0.101. The number of aliphatic hydroxyl groups is 3. The minimum Gasteiger partial charge on any atom is -0.372 e. The molecule has 92 heavy (non-hydrogen) atoms. The summed E-state index contributed by atoms with van der Waals surface area (Å²) in [7, 11) is 0. The minimum absolute atomic E-state index is 0. The molecule has 1 saturated carbocycles. The normalized spacial score (nSPS) is 15.5. The van der Waals surface area contributed by atoms with Gasteiger partial charge in [0.15, 0.2) is 34.3 Å². The van der Waals surface area contributed by atoms with Crippen LogP contribution in [-0.4, -0.2) is 104 Å². The fourth-order valence-corrected chi connectivity index (χ4v) is 11.4. The van der Waals surface area contributed by atoms with E-state index in [1.54, 1.807) is 86.8 Å². The van der Waals surface area contributed by atoms with Crippen LogP contribution in [0, 0.1) is 59.9 Å². The Morgan fingerprint density at radius 3 is 1.48 bits per heavy atom. The highest BCUT2D eigenvalue weighted by molar-refractivity contribution is 7.10. The standard InChI is InChI=1S/C24H22FN7OS.C20H16FN5O2.C19H14FN5OS.3CH4/c1-24(33,22-27-6-7-34-22)5-4-14-8-17-18(21-19(25)9-29-23(26)30-21)13-32(20(17)10-28-14)16-11-31(12-16)15-2-3-15;1-11-7-17(26-28-11)20(2,27)6-5-13-8-15-12(9-23-13)3-4-14(15)18-16(21)10-24-19(22)25-18;1-19(26,17-22-6-7-27-17)5-4-12-8-14-11(9-23-12)2-3-13(14)16-15(20)10-24-18(21)25-16;;;/h6-10,13,15-16,33H,2-3,11-12H2,1H3,(H2,26,29,30);4,7-10,27H,3H2,1-2H3,(H2,22,24,25);3,6-10,26H,2H2,1H3,(H2,21,24,25);3*1H4. The number of nitrogens with zero attached hydrogens (tertiary/aromatic N) is 14. The zero-order valence-electron chi connectivity index (χ0n) is 47.9. The number of halogens is 3. The van der Waals surface area contributed by atoms with Crippen LogP contribution in [0.2, 0.25) is 0 Å². The predicted molar refractivity (Wildman–Crippen MR) is 347 cm³/mol. The third kappa shape index (κ3) is 14.1. The quantitative estimate of drug-likeness (QED) is 0.0772. The number of aryl methyl sites for hydroxylation is 1. The van der Waals surface area contributed by atoms with Crippen LogP contribution in [0.25, 0.3) is 33.3 Å². The van der Waals surface area contributed by atoms with Gasteiger partial charge in [0.25, 0.3) is 0 Å². The van der Waals surface area contributed by atoms with E-state index in [9.17, 15) is 28.5 Å². The molecule has 0 radical (unpaired) electrons. The lowest BCUT2D eigenvalue weighted by atomic mass is 10.0. The summed E-state index contributed by atoms with van der Waals surface area (Å²) in [5.74, 6) is 16.0. The first-order chi connectivity index (χ1) is 42.7. The van der Waals surface area contributed by atoms with E-state index in [0.717, 1.165) is 64.8 Å². The molecule has 14 rings (SSSR count). The molecule has 0 spiro atoms. The number of thiazole rings is 2. The minimum atomic E-state index is -1.50. The molecule has 0 amide bonds. The summed E-state index contributed by atoms with van der Waals surface area (Å²) in [6.07, 6.45) is 21.0. The van der Waals surface area contributed by atoms with Crippen molar-refractivity contribution in [3.05, 3.63) is 193 Å². The Labute approximate surface area is 536 Å². The van der Waals surface area contributed by atoms with Crippen LogP contribution in [-0.2, 0) is 29.6 Å². The first-order valence-corrected chi connectivity index (χ1v) is 29.4. The molecular weight excluding hydrogens is 1220 g/mol. The Bertz CT molecular complexity index is 4660. The van der Waals surface area contributed by atoms with Gasteiger partial charge in [-0.1, -0.05) is 57.3 Å². The topological polar surface area (TPSA) is 315 Å². The van der Waals surface area contributed by atoms with Crippen LogP contribution in [0.15, 0.2) is 107 Å². The van der Waals surface area contributed by atoms with Crippen molar-refractivity contribution >= 4 is 62.6 Å². The molecule has 1 saturated heterocycles. The average molecular weight is 1280 g/mol. The van der Waals surface area contributed by atoms with E-state index >= 15 is 0 Å². The van der Waals surface area contributed by atoms with Gasteiger partial charge >= 0.3 is 0 Å². The molecule has 2 fully saturated rings. The van der Waals surface area contributed by atoms with Crippen LogP contribution >= 0.6 is 22.7 Å². The molecule has 470 valence electrons. The molecule has 0 aromatic carbocycles. The zero-order chi connectivity index (χ0) is 62.4. The fourth-order valence-electron chi connectivity index (χ4n) is 10.1. The molecule has 1 aliphatic heterocycles. The number of fused-ring (bicyclic) bond motifs is 3. The molecule has 21 nitrogen and oxygen atoms in total. The van der Waals surface area contributed by atoms with Crippen LogP contribution in [0.5, 0.6) is 0 Å². The van der Waals surface area contributed by atoms with E-state index in [1.165, 1.54) is 42.4 Å². The van der Waals surface area contributed by atoms with E-state index in [0.29, 0.717) is 74.1 Å². The van der Waals surface area contributed by atoms with Crippen LogP contribution < -0.4 is 17.2 Å². The van der Waals surface area contributed by atoms with Gasteiger partial charge in [0.05, 0.1) is 36.3 Å². The predicted octanol–water partition coefficient (Wildman–Crippen LogP) is 9.29. The highest BCUT2D eigenvalue weighted by Crippen LogP contribution is 2.40. The maximum absolute atomic E-state index is 14.7. The Morgan fingerprint density at radius 1 is 0.565 bits per heavy atom. The van der Waals surface area contributed by atoms with E-state index in [4.69, 9.17) is 21.7 Å². The van der Waals surface area contributed by atoms with Gasteiger partial charge in [-0.25, -0.2) is 68.0 Å². The van der Waals surface area contributed by atoms with Gasteiger partial charge in [0.2, 0.25) is 17.8 Å². The van der Waals surface area contributed by atoms with Crippen molar-refractivity contribution < 1.29 is 33.0 Å². The third-order valence-electron chi connectivity index (χ3n) is 14.9.